The van der Waals surface area contributed by atoms with Crippen LogP contribution in [0.25, 0.3) is 0 Å². The highest BCUT2D eigenvalue weighted by Crippen LogP contribution is 2.54. The lowest BCUT2D eigenvalue weighted by Crippen LogP contribution is -2.48. The van der Waals surface area contributed by atoms with Crippen molar-refractivity contribution in [3.05, 3.63) is 35.9 Å². The van der Waals surface area contributed by atoms with Crippen LogP contribution in [-0.4, -0.2) is 59.6 Å². The number of carbonyl (C=O) groups is 3. The Hall–Kier alpha value is -2.02. The van der Waals surface area contributed by atoms with E-state index in [2.05, 4.69) is 0 Å². The highest BCUT2D eigenvalue weighted by atomic mass is 32.2. The van der Waals surface area contributed by atoms with E-state index in [1.54, 1.807) is 37.7 Å². The molecule has 1 aromatic carbocycles. The third kappa shape index (κ3) is 3.01. The molecule has 25 heavy (non-hydrogen) atoms. The van der Waals surface area contributed by atoms with Crippen molar-refractivity contribution in [1.82, 2.24) is 9.80 Å². The summed E-state index contributed by atoms with van der Waals surface area (Å²) in [6.07, 6.45) is 0.228. The molecule has 6 nitrogen and oxygen atoms in total. The molecule has 3 rings (SSSR count). The molecule has 0 aromatic heterocycles. The van der Waals surface area contributed by atoms with E-state index in [0.717, 1.165) is 5.56 Å². The van der Waals surface area contributed by atoms with Crippen molar-refractivity contribution in [2.75, 3.05) is 19.8 Å². The maximum atomic E-state index is 12.6. The molecule has 0 unspecified atom stereocenters. The fourth-order valence-electron chi connectivity index (χ4n) is 3.48. The SMILES string of the molecule is C[C@H](OC(=O)[C@@H]1CS[C@@]2(c3ccccc3)CCC(=O)N12)C(=O)N(C)C. The van der Waals surface area contributed by atoms with Gasteiger partial charge in [-0.05, 0) is 18.9 Å². The number of nitrogens with zero attached hydrogens (tertiary/aromatic N) is 2. The molecule has 2 aliphatic rings. The van der Waals surface area contributed by atoms with Crippen LogP contribution in [0.2, 0.25) is 0 Å². The van der Waals surface area contributed by atoms with Crippen LogP contribution in [0, 0.1) is 0 Å². The second-order valence-electron chi connectivity index (χ2n) is 6.55. The zero-order valence-corrected chi connectivity index (χ0v) is 15.4. The number of fused-ring (bicyclic) bond motifs is 1. The number of amides is 2. The fraction of sp³-hybridized carbons (Fsp3) is 0.500. The Kier molecular flexibility index (Phi) is 4.77. The molecule has 134 valence electrons. The molecular formula is C18H22N2O4S. The molecule has 0 N–H and O–H groups in total. The Labute approximate surface area is 151 Å². The van der Waals surface area contributed by atoms with E-state index in [1.807, 2.05) is 30.3 Å². The van der Waals surface area contributed by atoms with Crippen molar-refractivity contribution in [2.24, 2.45) is 0 Å². The average molecular weight is 362 g/mol. The van der Waals surface area contributed by atoms with Gasteiger partial charge in [0.1, 0.15) is 10.9 Å². The summed E-state index contributed by atoms with van der Waals surface area (Å²) in [5.41, 5.74) is 1.03. The first-order chi connectivity index (χ1) is 11.9. The first kappa shape index (κ1) is 17.8. The number of thioether (sulfide) groups is 1. The lowest BCUT2D eigenvalue weighted by atomic mass is 10.0. The summed E-state index contributed by atoms with van der Waals surface area (Å²) >= 11 is 1.60. The Bertz CT molecular complexity index is 694. The van der Waals surface area contributed by atoms with Gasteiger partial charge in [0.05, 0.1) is 0 Å². The van der Waals surface area contributed by atoms with Gasteiger partial charge in [-0.1, -0.05) is 30.3 Å². The molecule has 2 aliphatic heterocycles. The van der Waals surface area contributed by atoms with Crippen LogP contribution in [0.3, 0.4) is 0 Å². The van der Waals surface area contributed by atoms with Gasteiger partial charge in [0.2, 0.25) is 5.91 Å². The molecule has 2 saturated heterocycles. The monoisotopic (exact) mass is 362 g/mol. The predicted octanol–water partition coefficient (Wildman–Crippen LogP) is 1.60. The highest BCUT2D eigenvalue weighted by molar-refractivity contribution is 8.00. The zero-order chi connectivity index (χ0) is 18.2. The minimum atomic E-state index is -0.864. The summed E-state index contributed by atoms with van der Waals surface area (Å²) in [7, 11) is 3.23. The van der Waals surface area contributed by atoms with Crippen LogP contribution in [0.1, 0.15) is 25.3 Å². The van der Waals surface area contributed by atoms with Gasteiger partial charge < -0.3 is 14.5 Å². The summed E-state index contributed by atoms with van der Waals surface area (Å²) in [6.45, 7) is 1.55. The van der Waals surface area contributed by atoms with Crippen molar-refractivity contribution < 1.29 is 19.1 Å². The van der Waals surface area contributed by atoms with Crippen molar-refractivity contribution in [1.29, 1.82) is 0 Å². The summed E-state index contributed by atoms with van der Waals surface area (Å²) in [5.74, 6) is -0.353. The number of carbonyl (C=O) groups excluding carboxylic acids is 3. The highest BCUT2D eigenvalue weighted by Gasteiger charge is 2.57. The third-order valence-electron chi connectivity index (χ3n) is 4.71. The number of hydrogen-bond donors (Lipinski definition) is 0. The van der Waals surface area contributed by atoms with Gasteiger partial charge in [0.15, 0.2) is 6.10 Å². The van der Waals surface area contributed by atoms with Gasteiger partial charge in [0, 0.05) is 26.3 Å². The minimum absolute atomic E-state index is 0.0395. The maximum Gasteiger partial charge on any atom is 0.330 e. The van der Waals surface area contributed by atoms with E-state index in [9.17, 15) is 14.4 Å². The second kappa shape index (κ2) is 6.71. The van der Waals surface area contributed by atoms with Gasteiger partial charge in [-0.3, -0.25) is 9.59 Å². The predicted molar refractivity (Wildman–Crippen MR) is 94.7 cm³/mol. The van der Waals surface area contributed by atoms with Crippen molar-refractivity contribution in [3.63, 3.8) is 0 Å². The van der Waals surface area contributed by atoms with E-state index in [1.165, 1.54) is 4.90 Å². The molecule has 2 amide bonds. The minimum Gasteiger partial charge on any atom is -0.451 e. The number of ether oxygens (including phenoxy) is 1. The Morgan fingerprint density at radius 3 is 2.64 bits per heavy atom. The van der Waals surface area contributed by atoms with E-state index in [-0.39, 0.29) is 11.8 Å². The first-order valence-electron chi connectivity index (χ1n) is 8.30. The molecule has 0 radical (unpaired) electrons. The fourth-order valence-corrected chi connectivity index (χ4v) is 5.12. The molecule has 2 fully saturated rings. The van der Waals surface area contributed by atoms with E-state index in [4.69, 9.17) is 4.74 Å². The summed E-state index contributed by atoms with van der Waals surface area (Å²) in [6, 6.07) is 9.14. The van der Waals surface area contributed by atoms with Crippen molar-refractivity contribution >= 4 is 29.5 Å². The molecule has 0 bridgehead atoms. The summed E-state index contributed by atoms with van der Waals surface area (Å²) in [4.78, 5) is 39.6. The number of benzene rings is 1. The maximum absolute atomic E-state index is 12.6. The molecule has 0 aliphatic carbocycles. The summed E-state index contributed by atoms with van der Waals surface area (Å²) < 4.78 is 5.36. The largest absolute Gasteiger partial charge is 0.451 e. The lowest BCUT2D eigenvalue weighted by Gasteiger charge is -2.34. The Morgan fingerprint density at radius 1 is 1.32 bits per heavy atom. The van der Waals surface area contributed by atoms with Gasteiger partial charge in [-0.25, -0.2) is 4.79 Å². The number of likely N-dealkylation sites (N-methyl/N-ethyl adjacent to an activating group) is 1. The van der Waals surface area contributed by atoms with Gasteiger partial charge in [-0.15, -0.1) is 11.8 Å². The van der Waals surface area contributed by atoms with Gasteiger partial charge >= 0.3 is 5.97 Å². The smallest absolute Gasteiger partial charge is 0.330 e. The number of hydrogen-bond acceptors (Lipinski definition) is 5. The first-order valence-corrected chi connectivity index (χ1v) is 9.28. The quantitative estimate of drug-likeness (QED) is 0.761. The normalized spacial score (nSPS) is 26.3. The van der Waals surface area contributed by atoms with Crippen LogP contribution < -0.4 is 0 Å². The third-order valence-corrected chi connectivity index (χ3v) is 6.30. The van der Waals surface area contributed by atoms with Crippen LogP contribution in [0.5, 0.6) is 0 Å². The molecule has 2 heterocycles. The molecule has 7 heteroatoms. The molecule has 0 spiro atoms. The van der Waals surface area contributed by atoms with Crippen LogP contribution >= 0.6 is 11.8 Å². The zero-order valence-electron chi connectivity index (χ0n) is 14.6. The van der Waals surface area contributed by atoms with E-state index < -0.39 is 23.0 Å². The van der Waals surface area contributed by atoms with Crippen LogP contribution in [0.4, 0.5) is 0 Å². The molecule has 0 saturated carbocycles. The van der Waals surface area contributed by atoms with Gasteiger partial charge in [0.25, 0.3) is 5.91 Å². The Morgan fingerprint density at radius 2 is 2.00 bits per heavy atom. The lowest BCUT2D eigenvalue weighted by molar-refractivity contribution is -0.164. The Balaban J connectivity index is 1.82. The number of esters is 1. The topological polar surface area (TPSA) is 66.9 Å². The number of rotatable bonds is 4. The van der Waals surface area contributed by atoms with E-state index in [0.29, 0.717) is 18.6 Å². The second-order valence-corrected chi connectivity index (χ2v) is 7.85. The van der Waals surface area contributed by atoms with E-state index >= 15 is 0 Å². The van der Waals surface area contributed by atoms with Crippen LogP contribution in [-0.2, 0) is 24.0 Å². The molecule has 1 aromatic rings. The molecule has 3 atom stereocenters. The summed E-state index contributed by atoms with van der Waals surface area (Å²) in [5, 5.41) is 0. The molecular weight excluding hydrogens is 340 g/mol. The van der Waals surface area contributed by atoms with Crippen molar-refractivity contribution in [3.8, 4) is 0 Å². The average Bonchev–Trinajstić information content (AvgIpc) is 3.14. The van der Waals surface area contributed by atoms with Crippen molar-refractivity contribution in [2.45, 2.75) is 36.8 Å². The van der Waals surface area contributed by atoms with Gasteiger partial charge in [-0.2, -0.15) is 0 Å². The standard InChI is InChI=1S/C18H22N2O4S/c1-12(16(22)19(2)3)24-17(23)14-11-25-18(10-9-15(21)20(14)18)13-7-5-4-6-8-13/h4-8,12,14H,9-11H2,1-3H3/t12-,14-,18+/m0/s1. The van der Waals surface area contributed by atoms with Crippen LogP contribution in [0.15, 0.2) is 30.3 Å².